The second-order valence-corrected chi connectivity index (χ2v) is 5.16. The summed E-state index contributed by atoms with van der Waals surface area (Å²) in [6.07, 6.45) is 0. The number of halogens is 2. The van der Waals surface area contributed by atoms with Gasteiger partial charge in [-0.25, -0.2) is 9.18 Å². The van der Waals surface area contributed by atoms with Gasteiger partial charge >= 0.3 is 5.97 Å². The number of ether oxygens (including phenoxy) is 2. The first-order chi connectivity index (χ1) is 10.9. The molecule has 0 amide bonds. The van der Waals surface area contributed by atoms with Gasteiger partial charge in [0.05, 0.1) is 12.1 Å². The van der Waals surface area contributed by atoms with Gasteiger partial charge in [0.2, 0.25) is 0 Å². The Morgan fingerprint density at radius 3 is 2.57 bits per heavy atom. The van der Waals surface area contributed by atoms with Crippen LogP contribution in [0.15, 0.2) is 36.4 Å². The van der Waals surface area contributed by atoms with Crippen molar-refractivity contribution in [2.45, 2.75) is 13.5 Å². The van der Waals surface area contributed by atoms with E-state index in [0.717, 1.165) is 6.07 Å². The third kappa shape index (κ3) is 3.87. The molecule has 2 aromatic rings. The van der Waals surface area contributed by atoms with E-state index in [2.05, 4.69) is 0 Å². The molecule has 2 aromatic carbocycles. The summed E-state index contributed by atoms with van der Waals surface area (Å²) in [6, 6.07) is 8.71. The number of Topliss-reactive ketones (excluding diaryl/α,β-unsaturated/α-hetero) is 1. The molecule has 0 spiro atoms. The molecule has 0 atom stereocenters. The van der Waals surface area contributed by atoms with Crippen LogP contribution in [0.5, 0.6) is 5.75 Å². The first-order valence-electron chi connectivity index (χ1n) is 6.73. The summed E-state index contributed by atoms with van der Waals surface area (Å²) in [6.45, 7) is 1.25. The maximum Gasteiger partial charge on any atom is 0.343 e. The van der Waals surface area contributed by atoms with Gasteiger partial charge in [-0.15, -0.1) is 0 Å². The van der Waals surface area contributed by atoms with Crippen LogP contribution < -0.4 is 4.74 Å². The second-order valence-electron chi connectivity index (χ2n) is 4.76. The summed E-state index contributed by atoms with van der Waals surface area (Å²) in [4.78, 5) is 23.5. The molecule has 6 heteroatoms. The Morgan fingerprint density at radius 2 is 1.96 bits per heavy atom. The molecule has 0 aromatic heterocycles. The highest BCUT2D eigenvalue weighted by Crippen LogP contribution is 2.24. The van der Waals surface area contributed by atoms with Crippen molar-refractivity contribution in [3.63, 3.8) is 0 Å². The van der Waals surface area contributed by atoms with Crippen molar-refractivity contribution in [1.82, 2.24) is 0 Å². The van der Waals surface area contributed by atoms with E-state index in [9.17, 15) is 14.0 Å². The molecule has 0 unspecified atom stereocenters. The number of rotatable bonds is 5. The van der Waals surface area contributed by atoms with E-state index in [1.165, 1.54) is 26.2 Å². The van der Waals surface area contributed by atoms with E-state index in [4.69, 9.17) is 21.1 Å². The van der Waals surface area contributed by atoms with Crippen molar-refractivity contribution in [3.05, 3.63) is 63.9 Å². The monoisotopic (exact) mass is 336 g/mol. The minimum Gasteiger partial charge on any atom is -0.496 e. The molecular formula is C17H14ClFO4. The van der Waals surface area contributed by atoms with E-state index in [1.54, 1.807) is 18.2 Å². The smallest absolute Gasteiger partial charge is 0.343 e. The standard InChI is InChI=1S/C17H14ClFO4/c1-10(20)11-6-7-15(22-2)12(8-11)9-23-17(21)16-13(18)4-3-5-14(16)19/h3-8H,9H2,1-2H3. The van der Waals surface area contributed by atoms with Crippen molar-refractivity contribution in [1.29, 1.82) is 0 Å². The molecule has 0 N–H and O–H groups in total. The molecule has 0 heterocycles. The average Bonchev–Trinajstić information content (AvgIpc) is 2.52. The molecule has 4 nitrogen and oxygen atoms in total. The Hall–Kier alpha value is -2.40. The molecule has 0 aliphatic rings. The highest BCUT2D eigenvalue weighted by Gasteiger charge is 2.18. The molecule has 23 heavy (non-hydrogen) atoms. The van der Waals surface area contributed by atoms with Crippen LogP contribution in [-0.4, -0.2) is 18.9 Å². The predicted molar refractivity (Wildman–Crippen MR) is 83.5 cm³/mol. The van der Waals surface area contributed by atoms with Crippen molar-refractivity contribution < 1.29 is 23.5 Å². The molecular weight excluding hydrogens is 323 g/mol. The molecule has 2 rings (SSSR count). The lowest BCUT2D eigenvalue weighted by Crippen LogP contribution is -2.09. The fourth-order valence-corrected chi connectivity index (χ4v) is 2.26. The summed E-state index contributed by atoms with van der Waals surface area (Å²) >= 11 is 5.82. The number of benzene rings is 2. The lowest BCUT2D eigenvalue weighted by molar-refractivity contribution is 0.0465. The minimum atomic E-state index is -0.886. The van der Waals surface area contributed by atoms with Gasteiger partial charge in [0.25, 0.3) is 0 Å². The van der Waals surface area contributed by atoms with E-state index in [1.807, 2.05) is 0 Å². The fraction of sp³-hybridized carbons (Fsp3) is 0.176. The van der Waals surface area contributed by atoms with Crippen molar-refractivity contribution in [3.8, 4) is 5.75 Å². The van der Waals surface area contributed by atoms with Gasteiger partial charge in [0.1, 0.15) is 23.7 Å². The van der Waals surface area contributed by atoms with Crippen LogP contribution in [0.25, 0.3) is 0 Å². The zero-order valence-electron chi connectivity index (χ0n) is 12.6. The third-order valence-corrected chi connectivity index (χ3v) is 3.53. The van der Waals surface area contributed by atoms with E-state index in [0.29, 0.717) is 16.9 Å². The van der Waals surface area contributed by atoms with Crippen LogP contribution in [-0.2, 0) is 11.3 Å². The maximum atomic E-state index is 13.7. The van der Waals surface area contributed by atoms with Crippen LogP contribution in [0.1, 0.15) is 33.2 Å². The molecule has 0 saturated carbocycles. The number of hydrogen-bond donors (Lipinski definition) is 0. The average molecular weight is 337 g/mol. The largest absolute Gasteiger partial charge is 0.496 e. The van der Waals surface area contributed by atoms with E-state index >= 15 is 0 Å². The van der Waals surface area contributed by atoms with Crippen LogP contribution in [0.2, 0.25) is 5.02 Å². The van der Waals surface area contributed by atoms with Crippen LogP contribution in [0.3, 0.4) is 0 Å². The van der Waals surface area contributed by atoms with Gasteiger partial charge < -0.3 is 9.47 Å². The van der Waals surface area contributed by atoms with Crippen LogP contribution in [0, 0.1) is 5.82 Å². The lowest BCUT2D eigenvalue weighted by atomic mass is 10.1. The number of esters is 1. The number of ketones is 1. The Balaban J connectivity index is 2.22. The summed E-state index contributed by atoms with van der Waals surface area (Å²) in [5.74, 6) is -1.31. The Labute approximate surface area is 137 Å². The van der Waals surface area contributed by atoms with Crippen molar-refractivity contribution >= 4 is 23.4 Å². The molecule has 0 aliphatic carbocycles. The highest BCUT2D eigenvalue weighted by atomic mass is 35.5. The molecule has 0 saturated heterocycles. The van der Waals surface area contributed by atoms with Crippen LogP contribution in [0.4, 0.5) is 4.39 Å². The lowest BCUT2D eigenvalue weighted by Gasteiger charge is -2.11. The van der Waals surface area contributed by atoms with Gasteiger partial charge in [-0.2, -0.15) is 0 Å². The second kappa shape index (κ2) is 7.24. The predicted octanol–water partition coefficient (Wildman–Crippen LogP) is 4.05. The SMILES string of the molecule is COc1ccc(C(C)=O)cc1COC(=O)c1c(F)cccc1Cl. The first-order valence-corrected chi connectivity index (χ1v) is 7.10. The van der Waals surface area contributed by atoms with Gasteiger partial charge in [-0.3, -0.25) is 4.79 Å². The van der Waals surface area contributed by atoms with Crippen molar-refractivity contribution in [2.75, 3.05) is 7.11 Å². The number of carbonyl (C=O) groups is 2. The quantitative estimate of drug-likeness (QED) is 0.610. The van der Waals surface area contributed by atoms with Gasteiger partial charge in [-0.1, -0.05) is 17.7 Å². The van der Waals surface area contributed by atoms with E-state index < -0.39 is 11.8 Å². The van der Waals surface area contributed by atoms with Gasteiger partial charge in [0.15, 0.2) is 5.78 Å². The minimum absolute atomic E-state index is 0.0283. The first kappa shape index (κ1) is 17.0. The van der Waals surface area contributed by atoms with Crippen LogP contribution >= 0.6 is 11.6 Å². The van der Waals surface area contributed by atoms with Gasteiger partial charge in [-0.05, 0) is 37.3 Å². The maximum absolute atomic E-state index is 13.7. The number of carbonyl (C=O) groups excluding carboxylic acids is 2. The summed E-state index contributed by atoms with van der Waals surface area (Å²) in [5.41, 5.74) is 0.637. The highest BCUT2D eigenvalue weighted by molar-refractivity contribution is 6.33. The molecule has 120 valence electrons. The van der Waals surface area contributed by atoms with E-state index in [-0.39, 0.29) is 23.0 Å². The third-order valence-electron chi connectivity index (χ3n) is 3.21. The summed E-state index contributed by atoms with van der Waals surface area (Å²) in [7, 11) is 1.46. The Kier molecular flexibility index (Phi) is 5.34. The van der Waals surface area contributed by atoms with Gasteiger partial charge in [0, 0.05) is 11.1 Å². The zero-order chi connectivity index (χ0) is 17.0. The molecule has 0 aliphatic heterocycles. The van der Waals surface area contributed by atoms with Crippen molar-refractivity contribution in [2.24, 2.45) is 0 Å². The zero-order valence-corrected chi connectivity index (χ0v) is 13.3. The number of hydrogen-bond acceptors (Lipinski definition) is 4. The molecule has 0 radical (unpaired) electrons. The topological polar surface area (TPSA) is 52.6 Å². The normalized spacial score (nSPS) is 10.3. The molecule has 0 bridgehead atoms. The summed E-state index contributed by atoms with van der Waals surface area (Å²) in [5, 5.41) is -0.0283. The Morgan fingerprint density at radius 1 is 1.22 bits per heavy atom. The molecule has 0 fully saturated rings. The number of methoxy groups -OCH3 is 1. The Bertz CT molecular complexity index is 738. The summed E-state index contributed by atoms with van der Waals surface area (Å²) < 4.78 is 23.9. The fourth-order valence-electron chi connectivity index (χ4n) is 2.02.